The zero-order chi connectivity index (χ0) is 17.3. The molecule has 24 heavy (non-hydrogen) atoms. The monoisotopic (exact) mass is 328 g/mol. The van der Waals surface area contributed by atoms with E-state index in [2.05, 4.69) is 5.32 Å². The second kappa shape index (κ2) is 6.31. The predicted octanol–water partition coefficient (Wildman–Crippen LogP) is 2.89. The maximum absolute atomic E-state index is 13.6. The highest BCUT2D eigenvalue weighted by Crippen LogP contribution is 2.27. The standard InChI is InChI=1S/C18H17FN2O3/c1-11-3-4-12(9-15(11)19)20-16-10-17(22)21(18(16)23)13-5-7-14(24-2)8-6-13/h3-9,16,20H,10H2,1-2H3/t16-/m1/s1. The highest BCUT2D eigenvalue weighted by molar-refractivity contribution is 6.23. The number of benzene rings is 2. The molecule has 0 radical (unpaired) electrons. The molecule has 0 saturated carbocycles. The van der Waals surface area contributed by atoms with Crippen LogP contribution in [0.1, 0.15) is 12.0 Å². The number of imide groups is 1. The lowest BCUT2D eigenvalue weighted by atomic mass is 10.2. The number of anilines is 2. The Bertz CT molecular complexity index is 789. The van der Waals surface area contributed by atoms with Crippen LogP contribution in [0.4, 0.5) is 15.8 Å². The highest BCUT2D eigenvalue weighted by Gasteiger charge is 2.39. The van der Waals surface area contributed by atoms with Gasteiger partial charge in [0, 0.05) is 5.69 Å². The van der Waals surface area contributed by atoms with Crippen molar-refractivity contribution in [1.29, 1.82) is 0 Å². The average Bonchev–Trinajstić information content (AvgIpc) is 2.85. The Morgan fingerprint density at radius 2 is 1.88 bits per heavy atom. The van der Waals surface area contributed by atoms with Crippen LogP contribution in [0.15, 0.2) is 42.5 Å². The van der Waals surface area contributed by atoms with E-state index in [1.54, 1.807) is 50.4 Å². The summed E-state index contributed by atoms with van der Waals surface area (Å²) in [5, 5.41) is 2.93. The topological polar surface area (TPSA) is 58.6 Å². The Hall–Kier alpha value is -2.89. The summed E-state index contributed by atoms with van der Waals surface area (Å²) in [6.45, 7) is 1.66. The molecule has 1 aliphatic heterocycles. The van der Waals surface area contributed by atoms with Gasteiger partial charge in [0.15, 0.2) is 0 Å². The summed E-state index contributed by atoms with van der Waals surface area (Å²) >= 11 is 0. The molecule has 0 unspecified atom stereocenters. The molecule has 1 N–H and O–H groups in total. The van der Waals surface area contributed by atoms with Gasteiger partial charge in [-0.15, -0.1) is 0 Å². The number of amides is 2. The molecule has 1 atom stereocenters. The van der Waals surface area contributed by atoms with E-state index in [0.29, 0.717) is 22.7 Å². The molecule has 1 heterocycles. The summed E-state index contributed by atoms with van der Waals surface area (Å²) in [7, 11) is 1.54. The Labute approximate surface area is 139 Å². The number of ether oxygens (including phenoxy) is 1. The van der Waals surface area contributed by atoms with Crippen LogP contribution in [-0.4, -0.2) is 25.0 Å². The van der Waals surface area contributed by atoms with Gasteiger partial charge in [-0.1, -0.05) is 6.07 Å². The smallest absolute Gasteiger partial charge is 0.256 e. The van der Waals surface area contributed by atoms with E-state index in [-0.39, 0.29) is 24.1 Å². The van der Waals surface area contributed by atoms with Crippen LogP contribution in [-0.2, 0) is 9.59 Å². The molecule has 0 aromatic heterocycles. The van der Waals surface area contributed by atoms with Crippen molar-refractivity contribution in [3.63, 3.8) is 0 Å². The number of nitrogens with one attached hydrogen (secondary N) is 1. The van der Waals surface area contributed by atoms with Gasteiger partial charge in [0.05, 0.1) is 19.2 Å². The first-order valence-electron chi connectivity index (χ1n) is 7.53. The first-order valence-corrected chi connectivity index (χ1v) is 7.53. The number of halogens is 1. The molecule has 1 fully saturated rings. The number of methoxy groups -OCH3 is 1. The SMILES string of the molecule is COc1ccc(N2C(=O)C[C@@H](Nc3ccc(C)c(F)c3)C2=O)cc1. The fourth-order valence-corrected chi connectivity index (χ4v) is 2.63. The normalized spacial score (nSPS) is 17.3. The Balaban J connectivity index is 1.79. The number of hydrogen-bond acceptors (Lipinski definition) is 4. The first-order chi connectivity index (χ1) is 11.5. The summed E-state index contributed by atoms with van der Waals surface area (Å²) in [6, 6.07) is 10.6. The van der Waals surface area contributed by atoms with Crippen LogP contribution in [0.5, 0.6) is 5.75 Å². The van der Waals surface area contributed by atoms with Crippen molar-refractivity contribution in [2.24, 2.45) is 0 Å². The minimum atomic E-state index is -0.707. The van der Waals surface area contributed by atoms with Crippen LogP contribution in [0.3, 0.4) is 0 Å². The lowest BCUT2D eigenvalue weighted by molar-refractivity contribution is -0.121. The lowest BCUT2D eigenvalue weighted by Gasteiger charge is -2.16. The van der Waals surface area contributed by atoms with Gasteiger partial charge in [-0.2, -0.15) is 0 Å². The Morgan fingerprint density at radius 3 is 2.50 bits per heavy atom. The van der Waals surface area contributed by atoms with Crippen LogP contribution in [0.25, 0.3) is 0 Å². The average molecular weight is 328 g/mol. The van der Waals surface area contributed by atoms with Crippen molar-refractivity contribution in [2.45, 2.75) is 19.4 Å². The highest BCUT2D eigenvalue weighted by atomic mass is 19.1. The van der Waals surface area contributed by atoms with E-state index < -0.39 is 6.04 Å². The third-order valence-electron chi connectivity index (χ3n) is 3.99. The van der Waals surface area contributed by atoms with Gasteiger partial charge in [-0.05, 0) is 48.9 Å². The number of carbonyl (C=O) groups is 2. The zero-order valence-corrected chi connectivity index (χ0v) is 13.4. The third kappa shape index (κ3) is 2.95. The molecule has 3 rings (SSSR count). The fourth-order valence-electron chi connectivity index (χ4n) is 2.63. The van der Waals surface area contributed by atoms with E-state index >= 15 is 0 Å². The third-order valence-corrected chi connectivity index (χ3v) is 3.99. The molecule has 1 saturated heterocycles. The van der Waals surface area contributed by atoms with Crippen LogP contribution >= 0.6 is 0 Å². The lowest BCUT2D eigenvalue weighted by Crippen LogP contribution is -2.34. The minimum Gasteiger partial charge on any atom is -0.497 e. The summed E-state index contributed by atoms with van der Waals surface area (Å²) < 4.78 is 18.7. The summed E-state index contributed by atoms with van der Waals surface area (Å²) in [4.78, 5) is 25.9. The second-order valence-corrected chi connectivity index (χ2v) is 5.63. The predicted molar refractivity (Wildman–Crippen MR) is 88.7 cm³/mol. The van der Waals surface area contributed by atoms with E-state index in [9.17, 15) is 14.0 Å². The van der Waals surface area contributed by atoms with Crippen molar-refractivity contribution in [1.82, 2.24) is 0 Å². The van der Waals surface area contributed by atoms with Crippen molar-refractivity contribution in [2.75, 3.05) is 17.3 Å². The van der Waals surface area contributed by atoms with E-state index in [4.69, 9.17) is 4.74 Å². The van der Waals surface area contributed by atoms with Crippen LogP contribution < -0.4 is 15.0 Å². The van der Waals surface area contributed by atoms with Crippen molar-refractivity contribution >= 4 is 23.2 Å². The number of carbonyl (C=O) groups excluding carboxylic acids is 2. The van der Waals surface area contributed by atoms with Crippen molar-refractivity contribution in [3.8, 4) is 5.75 Å². The minimum absolute atomic E-state index is 0.0281. The van der Waals surface area contributed by atoms with E-state index in [0.717, 1.165) is 4.90 Å². The molecule has 0 aliphatic carbocycles. The van der Waals surface area contributed by atoms with Gasteiger partial charge in [-0.3, -0.25) is 9.59 Å². The molecule has 2 aromatic rings. The number of aryl methyl sites for hydroxylation is 1. The molecule has 124 valence electrons. The van der Waals surface area contributed by atoms with Gasteiger partial charge >= 0.3 is 0 Å². The molecule has 0 bridgehead atoms. The van der Waals surface area contributed by atoms with Crippen LogP contribution in [0.2, 0.25) is 0 Å². The first kappa shape index (κ1) is 16.0. The number of nitrogens with zero attached hydrogens (tertiary/aromatic N) is 1. The zero-order valence-electron chi connectivity index (χ0n) is 13.4. The molecule has 2 aromatic carbocycles. The summed E-state index contributed by atoms with van der Waals surface area (Å²) in [6.07, 6.45) is 0.0281. The second-order valence-electron chi connectivity index (χ2n) is 5.63. The molecule has 6 heteroatoms. The van der Waals surface area contributed by atoms with Crippen molar-refractivity contribution in [3.05, 3.63) is 53.8 Å². The van der Waals surface area contributed by atoms with E-state index in [1.807, 2.05) is 0 Å². The molecule has 2 amide bonds. The van der Waals surface area contributed by atoms with Gasteiger partial charge in [0.1, 0.15) is 17.6 Å². The quantitative estimate of drug-likeness (QED) is 0.877. The summed E-state index contributed by atoms with van der Waals surface area (Å²) in [5.41, 5.74) is 1.49. The van der Waals surface area contributed by atoms with Gasteiger partial charge < -0.3 is 10.1 Å². The molecular weight excluding hydrogens is 311 g/mol. The summed E-state index contributed by atoms with van der Waals surface area (Å²) in [5.74, 6) is -0.368. The molecule has 1 aliphatic rings. The Kier molecular flexibility index (Phi) is 4.20. The largest absolute Gasteiger partial charge is 0.497 e. The van der Waals surface area contributed by atoms with Crippen molar-refractivity contribution < 1.29 is 18.7 Å². The van der Waals surface area contributed by atoms with Gasteiger partial charge in [0.25, 0.3) is 5.91 Å². The Morgan fingerprint density at radius 1 is 1.17 bits per heavy atom. The molecule has 5 nitrogen and oxygen atoms in total. The molecular formula is C18H17FN2O3. The van der Waals surface area contributed by atoms with E-state index in [1.165, 1.54) is 6.07 Å². The number of hydrogen-bond donors (Lipinski definition) is 1. The van der Waals surface area contributed by atoms with Crippen LogP contribution in [0, 0.1) is 12.7 Å². The maximum atomic E-state index is 13.6. The number of rotatable bonds is 4. The molecule has 0 spiro atoms. The maximum Gasteiger partial charge on any atom is 0.256 e. The fraction of sp³-hybridized carbons (Fsp3) is 0.222. The van der Waals surface area contributed by atoms with Gasteiger partial charge in [0.2, 0.25) is 5.91 Å². The van der Waals surface area contributed by atoms with Gasteiger partial charge in [-0.25, -0.2) is 9.29 Å².